The number of nitrogens with one attached hydrogen (secondary N) is 1. The van der Waals surface area contributed by atoms with Gasteiger partial charge in [0.15, 0.2) is 0 Å². The fourth-order valence-electron chi connectivity index (χ4n) is 2.49. The molecule has 1 aliphatic rings. The van der Waals surface area contributed by atoms with Crippen LogP contribution in [-0.2, 0) is 15.9 Å². The first-order valence-electron chi connectivity index (χ1n) is 7.08. The van der Waals surface area contributed by atoms with Crippen molar-refractivity contribution in [2.75, 3.05) is 44.6 Å². The molecule has 0 spiro atoms. The Labute approximate surface area is 120 Å². The van der Waals surface area contributed by atoms with Gasteiger partial charge in [0.05, 0.1) is 0 Å². The van der Waals surface area contributed by atoms with Gasteiger partial charge in [0.1, 0.15) is 29.7 Å². The van der Waals surface area contributed by atoms with E-state index < -0.39 is 0 Å². The Morgan fingerprint density at radius 3 is 2.40 bits per heavy atom. The lowest BCUT2D eigenvalue weighted by Crippen LogP contribution is -2.27. The maximum absolute atomic E-state index is 5.47. The van der Waals surface area contributed by atoms with E-state index in [1.807, 2.05) is 13.1 Å². The molecule has 1 saturated heterocycles. The highest BCUT2D eigenvalue weighted by atomic mass is 16.5. The molecule has 6 heteroatoms. The number of rotatable bonds is 6. The summed E-state index contributed by atoms with van der Waals surface area (Å²) in [5.41, 5.74) is 0. The van der Waals surface area contributed by atoms with E-state index in [1.165, 1.54) is 0 Å². The van der Waals surface area contributed by atoms with Gasteiger partial charge >= 0.3 is 0 Å². The molecule has 2 atom stereocenters. The summed E-state index contributed by atoms with van der Waals surface area (Å²) in [5, 5.41) is 3.10. The van der Waals surface area contributed by atoms with Gasteiger partial charge in [-0.25, -0.2) is 9.97 Å². The maximum atomic E-state index is 5.47. The summed E-state index contributed by atoms with van der Waals surface area (Å²) < 4.78 is 10.9. The molecule has 1 aromatic heterocycles. The van der Waals surface area contributed by atoms with E-state index in [0.717, 1.165) is 43.4 Å². The second-order valence-corrected chi connectivity index (χ2v) is 4.98. The summed E-state index contributed by atoms with van der Waals surface area (Å²) in [6, 6.07) is 1.98. The predicted octanol–water partition coefficient (Wildman–Crippen LogP) is 1.32. The third-order valence-corrected chi connectivity index (χ3v) is 3.63. The van der Waals surface area contributed by atoms with Crippen LogP contribution in [0.3, 0.4) is 0 Å². The smallest absolute Gasteiger partial charge is 0.134 e. The van der Waals surface area contributed by atoms with Gasteiger partial charge in [-0.15, -0.1) is 0 Å². The predicted molar refractivity (Wildman–Crippen MR) is 79.4 cm³/mol. The third-order valence-electron chi connectivity index (χ3n) is 3.63. The fraction of sp³-hybridized carbons (Fsp3) is 0.714. The molecular formula is C14H24N4O2. The van der Waals surface area contributed by atoms with Gasteiger partial charge in [0.25, 0.3) is 0 Å². The highest BCUT2D eigenvalue weighted by Crippen LogP contribution is 2.23. The largest absolute Gasteiger partial charge is 0.377 e. The molecule has 1 aliphatic heterocycles. The Bertz CT molecular complexity index is 429. The van der Waals surface area contributed by atoms with Crippen molar-refractivity contribution in [2.24, 2.45) is 0 Å². The molecule has 0 bridgehead atoms. The zero-order valence-electron chi connectivity index (χ0n) is 12.7. The van der Waals surface area contributed by atoms with Crippen LogP contribution in [0, 0.1) is 0 Å². The van der Waals surface area contributed by atoms with Gasteiger partial charge in [-0.05, 0) is 6.42 Å². The van der Waals surface area contributed by atoms with Crippen LogP contribution in [-0.4, -0.2) is 56.5 Å². The van der Waals surface area contributed by atoms with Gasteiger partial charge < -0.3 is 19.7 Å². The first-order valence-corrected chi connectivity index (χ1v) is 7.08. The van der Waals surface area contributed by atoms with Crippen molar-refractivity contribution < 1.29 is 9.47 Å². The number of anilines is 2. The van der Waals surface area contributed by atoms with E-state index in [2.05, 4.69) is 27.1 Å². The summed E-state index contributed by atoms with van der Waals surface area (Å²) in [4.78, 5) is 11.3. The average Bonchev–Trinajstić information content (AvgIpc) is 2.90. The minimum absolute atomic E-state index is 0.0858. The zero-order chi connectivity index (χ0) is 14.5. The number of aromatic nitrogens is 2. The lowest BCUT2D eigenvalue weighted by Gasteiger charge is -2.18. The molecule has 1 fully saturated rings. The second kappa shape index (κ2) is 6.85. The van der Waals surface area contributed by atoms with E-state index in [4.69, 9.17) is 9.47 Å². The summed E-state index contributed by atoms with van der Waals surface area (Å²) in [5.74, 6) is 2.67. The Balaban J connectivity index is 2.21. The second-order valence-electron chi connectivity index (χ2n) is 4.98. The van der Waals surface area contributed by atoms with Crippen LogP contribution in [0.5, 0.6) is 0 Å². The number of nitrogens with zero attached hydrogens (tertiary/aromatic N) is 3. The Morgan fingerprint density at radius 1 is 1.25 bits per heavy atom. The first-order chi connectivity index (χ1) is 9.71. The molecule has 6 nitrogen and oxygen atoms in total. The molecule has 1 N–H and O–H groups in total. The van der Waals surface area contributed by atoms with Gasteiger partial charge in [0.2, 0.25) is 0 Å². The summed E-state index contributed by atoms with van der Waals surface area (Å²) >= 11 is 0. The molecule has 2 heterocycles. The monoisotopic (exact) mass is 280 g/mol. The maximum Gasteiger partial charge on any atom is 0.134 e. The summed E-state index contributed by atoms with van der Waals surface area (Å²) in [7, 11) is 5.32. The lowest BCUT2D eigenvalue weighted by atomic mass is 10.3. The van der Waals surface area contributed by atoms with Crippen LogP contribution in [0.1, 0.15) is 19.2 Å². The lowest BCUT2D eigenvalue weighted by molar-refractivity contribution is -0.00461. The Hall–Kier alpha value is -1.40. The topological polar surface area (TPSA) is 59.5 Å². The number of methoxy groups -OCH3 is 2. The van der Waals surface area contributed by atoms with Crippen molar-refractivity contribution in [3.05, 3.63) is 11.9 Å². The highest BCUT2D eigenvalue weighted by molar-refractivity contribution is 5.50. The normalized spacial score (nSPS) is 22.3. The highest BCUT2D eigenvalue weighted by Gasteiger charge is 2.33. The van der Waals surface area contributed by atoms with Crippen LogP contribution in [0.2, 0.25) is 0 Å². The van der Waals surface area contributed by atoms with Crippen LogP contribution < -0.4 is 10.2 Å². The van der Waals surface area contributed by atoms with E-state index in [0.29, 0.717) is 0 Å². The minimum atomic E-state index is 0.0858. The van der Waals surface area contributed by atoms with E-state index in [1.54, 1.807) is 14.2 Å². The van der Waals surface area contributed by atoms with Gasteiger partial charge in [-0.1, -0.05) is 6.92 Å². The molecule has 1 aromatic rings. The number of hydrogen-bond donors (Lipinski definition) is 1. The Morgan fingerprint density at radius 2 is 1.90 bits per heavy atom. The third kappa shape index (κ3) is 3.19. The van der Waals surface area contributed by atoms with Gasteiger partial charge in [-0.2, -0.15) is 0 Å². The molecule has 0 radical (unpaired) electrons. The van der Waals surface area contributed by atoms with E-state index >= 15 is 0 Å². The molecule has 2 rings (SSSR count). The molecule has 0 saturated carbocycles. The molecule has 0 aromatic carbocycles. The SMILES string of the molecule is CCCc1nc(NC)cc(N2CC(OC)C(OC)C2)n1. The van der Waals surface area contributed by atoms with Crippen molar-refractivity contribution >= 4 is 11.6 Å². The standard InChI is InChI=1S/C14H24N4O2/c1-5-6-12-16-13(15-2)7-14(17-12)18-8-10(19-3)11(9-18)20-4/h7,10-11H,5-6,8-9H2,1-4H3,(H,15,16,17). The minimum Gasteiger partial charge on any atom is -0.377 e. The average molecular weight is 280 g/mol. The zero-order valence-corrected chi connectivity index (χ0v) is 12.7. The van der Waals surface area contributed by atoms with Crippen LogP contribution in [0.25, 0.3) is 0 Å². The molecule has 2 unspecified atom stereocenters. The van der Waals surface area contributed by atoms with Crippen molar-refractivity contribution in [2.45, 2.75) is 32.0 Å². The van der Waals surface area contributed by atoms with Gasteiger partial charge in [0, 0.05) is 46.8 Å². The van der Waals surface area contributed by atoms with Crippen molar-refractivity contribution in [3.63, 3.8) is 0 Å². The van der Waals surface area contributed by atoms with Crippen molar-refractivity contribution in [1.82, 2.24) is 9.97 Å². The molecule has 112 valence electrons. The van der Waals surface area contributed by atoms with Crippen LogP contribution >= 0.6 is 0 Å². The van der Waals surface area contributed by atoms with Crippen molar-refractivity contribution in [1.29, 1.82) is 0 Å². The quantitative estimate of drug-likeness (QED) is 0.848. The van der Waals surface area contributed by atoms with Gasteiger partial charge in [-0.3, -0.25) is 0 Å². The molecular weight excluding hydrogens is 256 g/mol. The molecule has 20 heavy (non-hydrogen) atoms. The molecule has 0 aliphatic carbocycles. The molecule has 0 amide bonds. The van der Waals surface area contributed by atoms with E-state index in [-0.39, 0.29) is 12.2 Å². The van der Waals surface area contributed by atoms with Crippen LogP contribution in [0.15, 0.2) is 6.07 Å². The number of ether oxygens (including phenoxy) is 2. The van der Waals surface area contributed by atoms with Crippen molar-refractivity contribution in [3.8, 4) is 0 Å². The summed E-state index contributed by atoms with van der Waals surface area (Å²) in [6.45, 7) is 3.72. The fourth-order valence-corrected chi connectivity index (χ4v) is 2.49. The van der Waals surface area contributed by atoms with E-state index in [9.17, 15) is 0 Å². The first kappa shape index (κ1) is 15.0. The summed E-state index contributed by atoms with van der Waals surface area (Å²) in [6.07, 6.45) is 2.09. The van der Waals surface area contributed by atoms with Crippen LogP contribution in [0.4, 0.5) is 11.6 Å². The number of aryl methyl sites for hydroxylation is 1. The number of hydrogen-bond acceptors (Lipinski definition) is 6. The Kier molecular flexibility index (Phi) is 5.14.